The lowest BCUT2D eigenvalue weighted by Gasteiger charge is -2.13. The molecule has 0 radical (unpaired) electrons. The average Bonchev–Trinajstić information content (AvgIpc) is 2.45. The van der Waals surface area contributed by atoms with Crippen LogP contribution in [0.2, 0.25) is 0 Å². The molecule has 0 atom stereocenters. The van der Waals surface area contributed by atoms with Crippen molar-refractivity contribution >= 4 is 40.2 Å². The number of hydrogen-bond acceptors (Lipinski definition) is 5. The minimum absolute atomic E-state index is 0.153. The van der Waals surface area contributed by atoms with Crippen LogP contribution in [0.15, 0.2) is 40.4 Å². The van der Waals surface area contributed by atoms with E-state index < -0.39 is 0 Å². The highest BCUT2D eigenvalue weighted by atomic mass is 35.5. The Morgan fingerprint density at radius 1 is 1.38 bits per heavy atom. The predicted octanol–water partition coefficient (Wildman–Crippen LogP) is 3.04. The van der Waals surface area contributed by atoms with E-state index in [-0.39, 0.29) is 5.78 Å². The van der Waals surface area contributed by atoms with Gasteiger partial charge in [-0.25, -0.2) is 4.99 Å². The number of hydrogen-bond donors (Lipinski definition) is 2. The van der Waals surface area contributed by atoms with Gasteiger partial charge in [-0.2, -0.15) is 0 Å². The Kier molecular flexibility index (Phi) is 4.65. The summed E-state index contributed by atoms with van der Waals surface area (Å²) in [6.07, 6.45) is 4.34. The zero-order valence-corrected chi connectivity index (χ0v) is 12.6. The van der Waals surface area contributed by atoms with E-state index in [1.807, 2.05) is 6.92 Å². The molecule has 0 spiro atoms. The van der Waals surface area contributed by atoms with Crippen molar-refractivity contribution in [3.05, 3.63) is 35.4 Å². The Balaban J connectivity index is 2.48. The van der Waals surface area contributed by atoms with Crippen LogP contribution in [0.5, 0.6) is 5.75 Å². The van der Waals surface area contributed by atoms with E-state index >= 15 is 0 Å². The molecule has 5 nitrogen and oxygen atoms in total. The summed E-state index contributed by atoms with van der Waals surface area (Å²) in [5.74, 6) is 0.409. The first-order valence-corrected chi connectivity index (χ1v) is 6.85. The summed E-state index contributed by atoms with van der Waals surface area (Å²) < 4.78 is 5.47. The van der Waals surface area contributed by atoms with Crippen LogP contribution in [0.25, 0.3) is 0 Å². The van der Waals surface area contributed by atoms with Crippen molar-refractivity contribution in [2.45, 2.75) is 6.92 Å². The van der Waals surface area contributed by atoms with Crippen LogP contribution in [0.3, 0.4) is 0 Å². The molecule has 0 aromatic heterocycles. The minimum Gasteiger partial charge on any atom is -0.492 e. The van der Waals surface area contributed by atoms with Crippen LogP contribution < -0.4 is 15.8 Å². The highest BCUT2D eigenvalue weighted by Gasteiger charge is 2.12. The summed E-state index contributed by atoms with van der Waals surface area (Å²) in [6.45, 7) is 2.39. The molecular weight excluding hydrogens is 290 g/mol. The maximum absolute atomic E-state index is 11.2. The molecule has 3 N–H and O–H groups in total. The molecular formula is C15H16ClN3O2. The van der Waals surface area contributed by atoms with Crippen LogP contribution in [-0.4, -0.2) is 25.1 Å². The summed E-state index contributed by atoms with van der Waals surface area (Å²) in [5.41, 5.74) is 8.35. The molecule has 1 aromatic carbocycles. The third kappa shape index (κ3) is 3.44. The number of nitrogens with zero attached hydrogens (tertiary/aromatic N) is 1. The highest BCUT2D eigenvalue weighted by Crippen LogP contribution is 2.35. The predicted molar refractivity (Wildman–Crippen MR) is 86.7 cm³/mol. The van der Waals surface area contributed by atoms with Gasteiger partial charge in [0.15, 0.2) is 5.78 Å². The topological polar surface area (TPSA) is 76.7 Å². The molecule has 1 aromatic rings. The van der Waals surface area contributed by atoms with Gasteiger partial charge < -0.3 is 15.8 Å². The standard InChI is InChI=1S/C15H16ClN3O2/c1-3-21-15-8-14(13(18-2)7-11(15)17)19-12-5-4-9(20)6-10(12)16/h4-8,18H,3,17H2,1-2H3. The van der Waals surface area contributed by atoms with Crippen molar-refractivity contribution in [2.75, 3.05) is 24.7 Å². The number of halogens is 1. The second-order valence-electron chi connectivity index (χ2n) is 4.32. The van der Waals surface area contributed by atoms with Crippen LogP contribution in [0.1, 0.15) is 6.92 Å². The molecule has 0 bridgehead atoms. The minimum atomic E-state index is -0.153. The Bertz CT molecular complexity index is 663. The van der Waals surface area contributed by atoms with Gasteiger partial charge in [0, 0.05) is 19.2 Å². The van der Waals surface area contributed by atoms with E-state index in [1.54, 1.807) is 25.3 Å². The zero-order valence-electron chi connectivity index (χ0n) is 11.8. The summed E-state index contributed by atoms with van der Waals surface area (Å²) in [6, 6.07) is 3.49. The number of nitrogens with two attached hydrogens (primary N) is 1. The third-order valence-electron chi connectivity index (χ3n) is 2.86. The van der Waals surface area contributed by atoms with Crippen LogP contribution in [0.4, 0.5) is 17.1 Å². The first-order valence-electron chi connectivity index (χ1n) is 6.47. The summed E-state index contributed by atoms with van der Waals surface area (Å²) in [5, 5.41) is 3.33. The van der Waals surface area contributed by atoms with Gasteiger partial charge in [-0.05, 0) is 25.1 Å². The van der Waals surface area contributed by atoms with Crippen molar-refractivity contribution in [2.24, 2.45) is 4.99 Å². The molecule has 110 valence electrons. The van der Waals surface area contributed by atoms with Gasteiger partial charge in [0.05, 0.1) is 34.4 Å². The zero-order chi connectivity index (χ0) is 15.4. The van der Waals surface area contributed by atoms with Gasteiger partial charge in [0.1, 0.15) is 5.75 Å². The normalized spacial score (nSPS) is 16.0. The van der Waals surface area contributed by atoms with Gasteiger partial charge >= 0.3 is 0 Å². The molecule has 0 saturated heterocycles. The van der Waals surface area contributed by atoms with Crippen molar-refractivity contribution in [3.8, 4) is 5.75 Å². The Morgan fingerprint density at radius 2 is 2.14 bits per heavy atom. The number of anilines is 2. The highest BCUT2D eigenvalue weighted by molar-refractivity contribution is 6.48. The largest absolute Gasteiger partial charge is 0.492 e. The number of rotatable bonds is 4. The molecule has 0 saturated carbocycles. The lowest BCUT2D eigenvalue weighted by Crippen LogP contribution is -2.04. The third-order valence-corrected chi connectivity index (χ3v) is 3.16. The van der Waals surface area contributed by atoms with Crippen molar-refractivity contribution in [3.63, 3.8) is 0 Å². The molecule has 6 heteroatoms. The number of ether oxygens (including phenoxy) is 1. The van der Waals surface area contributed by atoms with Gasteiger partial charge in [0.2, 0.25) is 0 Å². The van der Waals surface area contributed by atoms with E-state index in [0.717, 1.165) is 5.69 Å². The molecule has 1 aliphatic rings. The van der Waals surface area contributed by atoms with Crippen LogP contribution in [-0.2, 0) is 4.79 Å². The number of ketones is 1. The number of carbonyl (C=O) groups is 1. The number of nitrogen functional groups attached to an aromatic ring is 1. The van der Waals surface area contributed by atoms with E-state index in [2.05, 4.69) is 10.3 Å². The summed E-state index contributed by atoms with van der Waals surface area (Å²) in [4.78, 5) is 15.7. The average molecular weight is 306 g/mol. The molecule has 0 fully saturated rings. The molecule has 0 heterocycles. The van der Waals surface area contributed by atoms with Crippen LogP contribution >= 0.6 is 11.6 Å². The lowest BCUT2D eigenvalue weighted by atomic mass is 10.1. The quantitative estimate of drug-likeness (QED) is 0.662. The number of nitrogens with one attached hydrogen (secondary N) is 1. The van der Waals surface area contributed by atoms with Gasteiger partial charge in [-0.1, -0.05) is 11.6 Å². The first-order chi connectivity index (χ1) is 10.0. The van der Waals surface area contributed by atoms with Crippen molar-refractivity contribution in [1.29, 1.82) is 0 Å². The molecule has 21 heavy (non-hydrogen) atoms. The second-order valence-corrected chi connectivity index (χ2v) is 4.72. The second kappa shape index (κ2) is 6.45. The Labute approximate surface area is 128 Å². The fourth-order valence-corrected chi connectivity index (χ4v) is 2.08. The van der Waals surface area contributed by atoms with Crippen LogP contribution in [0, 0.1) is 0 Å². The number of aliphatic imine (C=N–C) groups is 1. The van der Waals surface area contributed by atoms with E-state index in [4.69, 9.17) is 22.1 Å². The smallest absolute Gasteiger partial charge is 0.180 e. The maximum atomic E-state index is 11.2. The van der Waals surface area contributed by atoms with Gasteiger partial charge in [0.25, 0.3) is 0 Å². The monoisotopic (exact) mass is 305 g/mol. The SMILES string of the molecule is CCOc1cc(N=C2C=CC(=O)C=C2Cl)c(NC)cc1N. The van der Waals surface area contributed by atoms with E-state index in [1.165, 1.54) is 12.2 Å². The first kappa shape index (κ1) is 15.1. The Hall–Kier alpha value is -2.27. The van der Waals surface area contributed by atoms with Crippen molar-refractivity contribution < 1.29 is 9.53 Å². The van der Waals surface area contributed by atoms with Crippen molar-refractivity contribution in [1.82, 2.24) is 0 Å². The lowest BCUT2D eigenvalue weighted by molar-refractivity contribution is -0.110. The molecule has 1 aliphatic carbocycles. The molecule has 0 aliphatic heterocycles. The molecule has 2 rings (SSSR count). The fraction of sp³-hybridized carbons (Fsp3) is 0.200. The maximum Gasteiger partial charge on any atom is 0.180 e. The summed E-state index contributed by atoms with van der Waals surface area (Å²) >= 11 is 6.04. The molecule has 0 amide bonds. The fourth-order valence-electron chi connectivity index (χ4n) is 1.87. The number of carbonyl (C=O) groups excluding carboxylic acids is 1. The number of allylic oxidation sites excluding steroid dienone is 4. The number of benzene rings is 1. The Morgan fingerprint density at radius 3 is 2.76 bits per heavy atom. The summed E-state index contributed by atoms with van der Waals surface area (Å²) in [7, 11) is 1.77. The van der Waals surface area contributed by atoms with Gasteiger partial charge in [-0.15, -0.1) is 0 Å². The van der Waals surface area contributed by atoms with E-state index in [0.29, 0.717) is 34.5 Å². The van der Waals surface area contributed by atoms with E-state index in [9.17, 15) is 4.79 Å². The van der Waals surface area contributed by atoms with Gasteiger partial charge in [-0.3, -0.25) is 4.79 Å². The molecule has 0 unspecified atom stereocenters.